The van der Waals surface area contributed by atoms with E-state index in [-0.39, 0.29) is 17.9 Å². The zero-order valence-electron chi connectivity index (χ0n) is 17.3. The topological polar surface area (TPSA) is 67.4 Å². The van der Waals surface area contributed by atoms with E-state index in [1.165, 1.54) is 11.3 Å². The smallest absolute Gasteiger partial charge is 0.261 e. The lowest BCUT2D eigenvalue weighted by Gasteiger charge is -2.16. The molecule has 0 bridgehead atoms. The largest absolute Gasteiger partial charge is 0.374 e. The highest BCUT2D eigenvalue weighted by molar-refractivity contribution is 7.18. The van der Waals surface area contributed by atoms with Crippen LogP contribution in [0.1, 0.15) is 61.0 Å². The van der Waals surface area contributed by atoms with E-state index in [0.29, 0.717) is 23.0 Å². The van der Waals surface area contributed by atoms with Crippen molar-refractivity contribution in [3.05, 3.63) is 52.4 Å². The molecule has 0 radical (unpaired) electrons. The van der Waals surface area contributed by atoms with Gasteiger partial charge in [-0.05, 0) is 37.5 Å². The van der Waals surface area contributed by atoms with Gasteiger partial charge >= 0.3 is 0 Å². The normalized spacial score (nSPS) is 12.5. The summed E-state index contributed by atoms with van der Waals surface area (Å²) in [6.45, 7) is 10.6. The van der Waals surface area contributed by atoms with Crippen molar-refractivity contribution in [1.29, 1.82) is 0 Å². The highest BCUT2D eigenvalue weighted by Gasteiger charge is 2.23. The van der Waals surface area contributed by atoms with Gasteiger partial charge in [-0.3, -0.25) is 9.59 Å². The molecule has 0 aliphatic rings. The molecule has 5 nitrogen and oxygen atoms in total. The van der Waals surface area contributed by atoms with Gasteiger partial charge in [0.05, 0.1) is 16.0 Å². The van der Waals surface area contributed by atoms with Gasteiger partial charge in [-0.25, -0.2) is 0 Å². The Hall–Kier alpha value is -2.18. The van der Waals surface area contributed by atoms with Gasteiger partial charge in [0.15, 0.2) is 0 Å². The summed E-state index contributed by atoms with van der Waals surface area (Å²) in [5.41, 5.74) is 1.53. The minimum Gasteiger partial charge on any atom is -0.374 e. The second-order valence-electron chi connectivity index (χ2n) is 7.86. The van der Waals surface area contributed by atoms with Gasteiger partial charge in [0.2, 0.25) is 5.91 Å². The molecule has 28 heavy (non-hydrogen) atoms. The zero-order valence-corrected chi connectivity index (χ0v) is 18.1. The predicted molar refractivity (Wildman–Crippen MR) is 115 cm³/mol. The number of thiophene rings is 1. The van der Waals surface area contributed by atoms with Crippen molar-refractivity contribution in [3.8, 4) is 0 Å². The van der Waals surface area contributed by atoms with Gasteiger partial charge in [0.25, 0.3) is 5.91 Å². The standard InChI is InChI=1S/C22H30N2O3S/c1-15-14-18(24-21(26)22(3,4)5)28-19(15)20(25)23-12-9-13-27-16(2)17-10-7-6-8-11-17/h6-8,10-11,14,16H,9,12-13H2,1-5H3,(H,23,25)(H,24,26). The number of amides is 2. The number of hydrogen-bond donors (Lipinski definition) is 2. The molecule has 2 amide bonds. The molecule has 1 unspecified atom stereocenters. The van der Waals surface area contributed by atoms with Crippen molar-refractivity contribution in [3.63, 3.8) is 0 Å². The second kappa shape index (κ2) is 9.85. The number of carbonyl (C=O) groups is 2. The number of nitrogens with one attached hydrogen (secondary N) is 2. The fourth-order valence-corrected chi connectivity index (χ4v) is 3.49. The van der Waals surface area contributed by atoms with Crippen LogP contribution in [0.3, 0.4) is 0 Å². The van der Waals surface area contributed by atoms with Gasteiger partial charge in [-0.1, -0.05) is 51.1 Å². The first kappa shape index (κ1) is 22.1. The van der Waals surface area contributed by atoms with E-state index < -0.39 is 5.41 Å². The van der Waals surface area contributed by atoms with Gasteiger partial charge in [0.1, 0.15) is 0 Å². The van der Waals surface area contributed by atoms with E-state index in [2.05, 4.69) is 10.6 Å². The molecule has 6 heteroatoms. The first-order valence-corrected chi connectivity index (χ1v) is 10.4. The van der Waals surface area contributed by atoms with Crippen LogP contribution in [0, 0.1) is 12.3 Å². The molecule has 1 heterocycles. The van der Waals surface area contributed by atoms with Crippen LogP contribution in [-0.4, -0.2) is 25.0 Å². The number of benzene rings is 1. The molecular formula is C22H30N2O3S. The number of ether oxygens (including phenoxy) is 1. The first-order valence-electron chi connectivity index (χ1n) is 9.55. The molecule has 0 aliphatic carbocycles. The SMILES string of the molecule is Cc1cc(NC(=O)C(C)(C)C)sc1C(=O)NCCCOC(C)c1ccccc1. The Bertz CT molecular complexity index is 794. The predicted octanol–water partition coefficient (Wildman–Crippen LogP) is 4.94. The first-order chi connectivity index (χ1) is 13.2. The molecule has 0 saturated heterocycles. The molecule has 2 rings (SSSR count). The van der Waals surface area contributed by atoms with Crippen molar-refractivity contribution < 1.29 is 14.3 Å². The van der Waals surface area contributed by atoms with E-state index in [0.717, 1.165) is 17.5 Å². The Balaban J connectivity index is 1.76. The van der Waals surface area contributed by atoms with Crippen molar-refractivity contribution in [1.82, 2.24) is 5.32 Å². The minimum absolute atomic E-state index is 0.0328. The summed E-state index contributed by atoms with van der Waals surface area (Å²) in [5, 5.41) is 6.51. The van der Waals surface area contributed by atoms with Crippen molar-refractivity contribution >= 4 is 28.2 Å². The third-order valence-corrected chi connectivity index (χ3v) is 5.44. The monoisotopic (exact) mass is 402 g/mol. The maximum Gasteiger partial charge on any atom is 0.261 e. The maximum absolute atomic E-state index is 12.4. The molecule has 2 N–H and O–H groups in total. The lowest BCUT2D eigenvalue weighted by molar-refractivity contribution is -0.123. The molecular weight excluding hydrogens is 372 g/mol. The summed E-state index contributed by atoms with van der Waals surface area (Å²) < 4.78 is 5.82. The Kier molecular flexibility index (Phi) is 7.78. The van der Waals surface area contributed by atoms with Crippen LogP contribution >= 0.6 is 11.3 Å². The quantitative estimate of drug-likeness (QED) is 0.615. The van der Waals surface area contributed by atoms with Crippen molar-refractivity contribution in [2.45, 2.75) is 47.1 Å². The fourth-order valence-electron chi connectivity index (χ4n) is 2.50. The Morgan fingerprint density at radius 3 is 2.50 bits per heavy atom. The number of anilines is 1. The van der Waals surface area contributed by atoms with Gasteiger partial charge in [0, 0.05) is 18.6 Å². The van der Waals surface area contributed by atoms with Crippen LogP contribution in [0.2, 0.25) is 0 Å². The van der Waals surface area contributed by atoms with Gasteiger partial charge in [-0.2, -0.15) is 0 Å². The lowest BCUT2D eigenvalue weighted by Crippen LogP contribution is -2.27. The van der Waals surface area contributed by atoms with Crippen LogP contribution in [0.5, 0.6) is 0 Å². The molecule has 2 aromatic rings. The van der Waals surface area contributed by atoms with Crippen LogP contribution in [-0.2, 0) is 9.53 Å². The zero-order chi connectivity index (χ0) is 20.7. The van der Waals surface area contributed by atoms with Crippen LogP contribution in [0.25, 0.3) is 0 Å². The molecule has 1 atom stereocenters. The number of carbonyl (C=O) groups excluding carboxylic acids is 2. The molecule has 0 fully saturated rings. The van der Waals surface area contributed by atoms with Crippen LogP contribution < -0.4 is 10.6 Å². The average molecular weight is 403 g/mol. The number of aryl methyl sites for hydroxylation is 1. The van der Waals surface area contributed by atoms with Crippen molar-refractivity contribution in [2.24, 2.45) is 5.41 Å². The summed E-state index contributed by atoms with van der Waals surface area (Å²) in [4.78, 5) is 25.2. The van der Waals surface area contributed by atoms with Crippen LogP contribution in [0.4, 0.5) is 5.00 Å². The summed E-state index contributed by atoms with van der Waals surface area (Å²) in [6, 6.07) is 11.9. The second-order valence-corrected chi connectivity index (χ2v) is 8.91. The highest BCUT2D eigenvalue weighted by atomic mass is 32.1. The third kappa shape index (κ3) is 6.46. The Morgan fingerprint density at radius 1 is 1.18 bits per heavy atom. The molecule has 152 valence electrons. The maximum atomic E-state index is 12.4. The highest BCUT2D eigenvalue weighted by Crippen LogP contribution is 2.28. The molecule has 1 aromatic carbocycles. The van der Waals surface area contributed by atoms with E-state index >= 15 is 0 Å². The molecule has 1 aromatic heterocycles. The summed E-state index contributed by atoms with van der Waals surface area (Å²) >= 11 is 1.30. The summed E-state index contributed by atoms with van der Waals surface area (Å²) in [6.07, 6.45) is 0.770. The van der Waals surface area contributed by atoms with E-state index in [4.69, 9.17) is 4.74 Å². The average Bonchev–Trinajstić information content (AvgIpc) is 3.01. The molecule has 0 aliphatic heterocycles. The van der Waals surface area contributed by atoms with Crippen molar-refractivity contribution in [2.75, 3.05) is 18.5 Å². The Labute approximate surface area is 171 Å². The van der Waals surface area contributed by atoms with E-state index in [1.54, 1.807) is 0 Å². The van der Waals surface area contributed by atoms with Gasteiger partial charge < -0.3 is 15.4 Å². The number of rotatable bonds is 8. The van der Waals surface area contributed by atoms with E-state index in [1.807, 2.05) is 71.0 Å². The summed E-state index contributed by atoms with van der Waals surface area (Å²) in [5.74, 6) is -0.180. The van der Waals surface area contributed by atoms with E-state index in [9.17, 15) is 9.59 Å². The fraction of sp³-hybridized carbons (Fsp3) is 0.455. The lowest BCUT2D eigenvalue weighted by atomic mass is 9.96. The summed E-state index contributed by atoms with van der Waals surface area (Å²) in [7, 11) is 0. The molecule has 0 spiro atoms. The minimum atomic E-state index is -0.475. The third-order valence-electron chi connectivity index (χ3n) is 4.29. The Morgan fingerprint density at radius 2 is 1.86 bits per heavy atom. The number of hydrogen-bond acceptors (Lipinski definition) is 4. The van der Waals surface area contributed by atoms with Gasteiger partial charge in [-0.15, -0.1) is 11.3 Å². The van der Waals surface area contributed by atoms with Crippen LogP contribution in [0.15, 0.2) is 36.4 Å². The molecule has 0 saturated carbocycles.